The lowest BCUT2D eigenvalue weighted by molar-refractivity contribution is 0.980. The fourth-order valence-electron chi connectivity index (χ4n) is 2.36. The van der Waals surface area contributed by atoms with E-state index in [9.17, 15) is 0 Å². The minimum Gasteiger partial charge on any atom is -0.264 e. The van der Waals surface area contributed by atoms with Crippen LogP contribution in [0.25, 0.3) is 0 Å². The van der Waals surface area contributed by atoms with Gasteiger partial charge in [-0.1, -0.05) is 147 Å². The van der Waals surface area contributed by atoms with Crippen LogP contribution in [0.2, 0.25) is 0 Å². The first-order chi connectivity index (χ1) is 32.4. The Hall–Kier alpha value is -5.38. The third kappa shape index (κ3) is 83.3. The zero-order valence-corrected chi connectivity index (χ0v) is 43.0. The fourth-order valence-corrected chi connectivity index (χ4v) is 2.36. The molecular weight excluding hydrogens is 753 g/mol. The molecule has 0 saturated heterocycles. The number of hydrogen-bond donors (Lipinski definition) is 0. The van der Waals surface area contributed by atoms with Crippen LogP contribution in [-0.2, 0) is 0 Å². The second-order valence-corrected chi connectivity index (χ2v) is 8.54. The molecule has 0 aliphatic carbocycles. The Morgan fingerprint density at radius 1 is 0.328 bits per heavy atom. The molecule has 0 amide bonds. The van der Waals surface area contributed by atoms with Gasteiger partial charge in [0.2, 0.25) is 0 Å². The maximum atomic E-state index is 5.75. The van der Waals surface area contributed by atoms with Gasteiger partial charge < -0.3 is 0 Å². The van der Waals surface area contributed by atoms with Crippen LogP contribution >= 0.6 is 0 Å². The van der Waals surface area contributed by atoms with Crippen LogP contribution in [0.1, 0.15) is 177 Å². The first kappa shape index (κ1) is 70.2. The van der Waals surface area contributed by atoms with Crippen molar-refractivity contribution in [1.29, 1.82) is 0 Å². The topological polar surface area (TPSA) is 129 Å². The molecule has 61 heavy (non-hydrogen) atoms. The third-order valence-corrected chi connectivity index (χ3v) is 4.48. The van der Waals surface area contributed by atoms with Gasteiger partial charge in [0, 0.05) is 75.9 Å². The Labute approximate surface area is 391 Å². The number of pyridine rings is 2. The van der Waals surface area contributed by atoms with E-state index in [1.807, 2.05) is 186 Å². The Morgan fingerprint density at radius 2 is 0.770 bits per heavy atom. The molecule has 0 aliphatic rings. The molecule has 0 bridgehead atoms. The molecule has 0 atom stereocenters. The number of rotatable bonds is 0. The molecule has 6 aromatic heterocycles. The number of aryl methyl sites for hydroxylation is 6. The van der Waals surface area contributed by atoms with E-state index in [2.05, 4.69) is 50.3 Å². The quantitative estimate of drug-likeness (QED) is 0.145. The van der Waals surface area contributed by atoms with Gasteiger partial charge in [0.1, 0.15) is 6.33 Å². The summed E-state index contributed by atoms with van der Waals surface area (Å²) >= 11 is 0. The molecule has 0 unspecified atom stereocenters. The lowest BCUT2D eigenvalue weighted by Gasteiger charge is -1.82. The van der Waals surface area contributed by atoms with E-state index >= 15 is 0 Å². The molecular formula is C51H102N10. The molecule has 10 nitrogen and oxygen atoms in total. The van der Waals surface area contributed by atoms with E-state index in [-0.39, 0.29) is 7.43 Å². The van der Waals surface area contributed by atoms with Crippen molar-refractivity contribution in [2.75, 3.05) is 0 Å². The first-order valence-electron chi connectivity index (χ1n) is 25.0. The summed E-state index contributed by atoms with van der Waals surface area (Å²) < 4.78 is 34.5. The van der Waals surface area contributed by atoms with Crippen molar-refractivity contribution < 1.29 is 8.22 Å². The summed E-state index contributed by atoms with van der Waals surface area (Å²) in [6.45, 7) is 35.8. The number of nitrogens with zero attached hydrogens (tertiary/aromatic N) is 10. The first-order valence-corrected chi connectivity index (χ1v) is 19.0. The summed E-state index contributed by atoms with van der Waals surface area (Å²) in [5.41, 5.74) is 6.50. The Bertz CT molecular complexity index is 1140. The van der Waals surface area contributed by atoms with Crippen molar-refractivity contribution in [2.45, 2.75) is 176 Å². The van der Waals surface area contributed by atoms with Crippen LogP contribution < -0.4 is 0 Å². The van der Waals surface area contributed by atoms with Crippen LogP contribution in [0.15, 0.2) is 123 Å². The average molecular weight is 861 g/mol. The summed E-state index contributed by atoms with van der Waals surface area (Å²) in [7, 11) is 7.50. The van der Waals surface area contributed by atoms with Crippen molar-refractivity contribution in [1.82, 2.24) is 50.3 Å². The van der Waals surface area contributed by atoms with Gasteiger partial charge >= 0.3 is 0 Å². The highest BCUT2D eigenvalue weighted by Crippen LogP contribution is 1.89. The fraction of sp³-hybridized carbons (Fsp3) is 0.490. The van der Waals surface area contributed by atoms with Gasteiger partial charge in [-0.25, -0.2) is 9.97 Å². The van der Waals surface area contributed by atoms with Crippen molar-refractivity contribution in [2.24, 2.45) is 0 Å². The van der Waals surface area contributed by atoms with Crippen LogP contribution in [0.4, 0.5) is 0 Å². The van der Waals surface area contributed by atoms with E-state index in [1.165, 1.54) is 61.9 Å². The van der Waals surface area contributed by atoms with E-state index in [1.54, 1.807) is 55.8 Å². The Kier molecular flexibility index (Phi) is 99.5. The molecule has 0 spiro atoms. The molecule has 6 heterocycles. The summed E-state index contributed by atoms with van der Waals surface area (Å²) in [5.74, 6) is 0. The van der Waals surface area contributed by atoms with Gasteiger partial charge in [-0.3, -0.25) is 19.9 Å². The van der Waals surface area contributed by atoms with Gasteiger partial charge in [0.05, 0.1) is 17.6 Å². The van der Waals surface area contributed by atoms with E-state index in [4.69, 9.17) is 8.22 Å². The maximum absolute atomic E-state index is 5.75. The normalized spacial score (nSPS) is 7.28. The molecule has 0 fully saturated rings. The molecule has 356 valence electrons. The number of aromatic nitrogens is 10. The SMILES string of the molecule is C.CC.CC.CC.CC.CC.CC.Cc1cccnc1.Cc1cccnc1.Cc1cccnn1.Cc1ccncn1.Cc1ccnnc1.Cc1cnccn1.[2H]C.[2H]C.[2H]C.[2H]C.[2H]C.[2H]C. The van der Waals surface area contributed by atoms with Crippen LogP contribution in [0, 0.1) is 41.5 Å². The standard InChI is InChI=1S/2C6H7N.4C5H6N2.6C2H6.7CH4/c2*1-6-3-2-4-7-5-6;1-5-4-6-2-3-7-5;1-5-2-3-6-4-7-5;1-5-2-3-6-7-4-5;1-5-3-2-4-6-7-5;6*1-2;;;;;;;/h2*2-5H,1H3;4*2-4H,1H3;6*1-2H3;7*1H4/i;;;;;;;;;;;;6*1D;. The van der Waals surface area contributed by atoms with Gasteiger partial charge in [0.25, 0.3) is 0 Å². The lowest BCUT2D eigenvalue weighted by Crippen LogP contribution is -1.79. The smallest absolute Gasteiger partial charge is 0.115 e. The monoisotopic (exact) mass is 861 g/mol. The highest BCUT2D eigenvalue weighted by molar-refractivity contribution is 5.05. The van der Waals surface area contributed by atoms with Crippen molar-refractivity contribution in [3.05, 3.63) is 157 Å². The molecule has 0 aromatic carbocycles. The summed E-state index contributed by atoms with van der Waals surface area (Å²) in [6, 6.07) is 15.4. The van der Waals surface area contributed by atoms with E-state index < -0.39 is 0 Å². The zero-order chi connectivity index (χ0) is 54.7. The second-order valence-electron chi connectivity index (χ2n) is 8.54. The molecule has 0 saturated carbocycles. The molecule has 0 aliphatic heterocycles. The molecule has 0 radical (unpaired) electrons. The maximum Gasteiger partial charge on any atom is 0.115 e. The van der Waals surface area contributed by atoms with E-state index in [0.717, 1.165) is 22.6 Å². The lowest BCUT2D eigenvalue weighted by atomic mass is 10.3. The molecule has 10 heteroatoms. The van der Waals surface area contributed by atoms with E-state index in [0.29, 0.717) is 0 Å². The highest BCUT2D eigenvalue weighted by atomic mass is 15.1. The minimum atomic E-state index is 0. The minimum absolute atomic E-state index is 0. The van der Waals surface area contributed by atoms with Gasteiger partial charge in [0.15, 0.2) is 0 Å². The zero-order valence-electron chi connectivity index (χ0n) is 49.0. The largest absolute Gasteiger partial charge is 0.264 e. The Balaban J connectivity index is -0.0000000434. The van der Waals surface area contributed by atoms with Crippen LogP contribution in [0.3, 0.4) is 0 Å². The summed E-state index contributed by atoms with van der Waals surface area (Å²) in [4.78, 5) is 23.1. The molecule has 0 N–H and O–H groups in total. The predicted octanol–water partition coefficient (Wildman–Crippen LogP) is 16.5. The van der Waals surface area contributed by atoms with Crippen molar-refractivity contribution >= 4 is 0 Å². The van der Waals surface area contributed by atoms with Crippen molar-refractivity contribution in [3.8, 4) is 0 Å². The van der Waals surface area contributed by atoms with Crippen LogP contribution in [0.5, 0.6) is 0 Å². The van der Waals surface area contributed by atoms with Gasteiger partial charge in [-0.05, 0) is 94.6 Å². The third-order valence-electron chi connectivity index (χ3n) is 4.48. The van der Waals surface area contributed by atoms with Crippen LogP contribution in [-0.4, -0.2) is 50.3 Å². The molecule has 6 aromatic rings. The van der Waals surface area contributed by atoms with Gasteiger partial charge in [-0.15, -0.1) is 0 Å². The molecule has 6 rings (SSSR count). The second kappa shape index (κ2) is 86.5. The number of hydrogen-bond acceptors (Lipinski definition) is 10. The predicted molar refractivity (Wildman–Crippen MR) is 280 cm³/mol. The average Bonchev–Trinajstić information content (AvgIpc) is 3.43. The summed E-state index contributed by atoms with van der Waals surface area (Å²) in [5, 5.41) is 14.6. The van der Waals surface area contributed by atoms with Gasteiger partial charge in [-0.2, -0.15) is 20.4 Å². The summed E-state index contributed by atoms with van der Waals surface area (Å²) in [6.07, 6.45) is 20.6. The Morgan fingerprint density at radius 3 is 0.934 bits per heavy atom. The van der Waals surface area contributed by atoms with Crippen molar-refractivity contribution in [3.63, 3.8) is 0 Å². The highest BCUT2D eigenvalue weighted by Gasteiger charge is 1.77.